The van der Waals surface area contributed by atoms with Gasteiger partial charge in [-0.05, 0) is 35.9 Å². The molecule has 4 aromatic rings. The van der Waals surface area contributed by atoms with Crippen molar-refractivity contribution in [2.45, 2.75) is 0 Å². The Kier molecular flexibility index (Phi) is 8.53. The van der Waals surface area contributed by atoms with Crippen LogP contribution in [-0.4, -0.2) is 31.6 Å². The topological polar surface area (TPSA) is 85.9 Å². The van der Waals surface area contributed by atoms with Gasteiger partial charge >= 0.3 is 0 Å². The van der Waals surface area contributed by atoms with Gasteiger partial charge in [-0.2, -0.15) is 0 Å². The summed E-state index contributed by atoms with van der Waals surface area (Å²) in [6.45, 7) is 0.303. The molecule has 0 saturated heterocycles. The maximum atomic E-state index is 12.7. The quantitative estimate of drug-likeness (QED) is 0.254. The van der Waals surface area contributed by atoms with Crippen LogP contribution in [0.5, 0.6) is 17.2 Å². The number of para-hydroxylation sites is 3. The van der Waals surface area contributed by atoms with Crippen LogP contribution >= 0.6 is 0 Å². The smallest absolute Gasteiger partial charge is 0.276 e. The van der Waals surface area contributed by atoms with Crippen molar-refractivity contribution in [2.24, 2.45) is 0 Å². The lowest BCUT2D eigenvalue weighted by molar-refractivity contribution is -0.123. The van der Waals surface area contributed by atoms with Crippen LogP contribution < -0.4 is 25.1 Å². The first-order chi connectivity index (χ1) is 17.7. The van der Waals surface area contributed by atoms with E-state index < -0.39 is 11.8 Å². The zero-order chi connectivity index (χ0) is 25.0. The Balaban J connectivity index is 1.26. The molecule has 2 amide bonds. The van der Waals surface area contributed by atoms with Crippen LogP contribution in [0.4, 0.5) is 0 Å². The predicted molar refractivity (Wildman–Crippen MR) is 137 cm³/mol. The lowest BCUT2D eigenvalue weighted by atomic mass is 10.1. The monoisotopic (exact) mass is 482 g/mol. The van der Waals surface area contributed by atoms with Gasteiger partial charge in [0.1, 0.15) is 30.5 Å². The van der Waals surface area contributed by atoms with Crippen molar-refractivity contribution in [3.63, 3.8) is 0 Å². The first kappa shape index (κ1) is 24.3. The number of ether oxygens (including phenoxy) is 3. The zero-order valence-corrected chi connectivity index (χ0v) is 19.6. The van der Waals surface area contributed by atoms with Gasteiger partial charge in [-0.15, -0.1) is 0 Å². The fraction of sp³-hybridized carbons (Fsp3) is 0.103. The minimum Gasteiger partial charge on any atom is -0.490 e. The molecule has 7 heteroatoms. The number of carbonyl (C=O) groups excluding carboxylic acids is 2. The maximum absolute atomic E-state index is 12.7. The molecule has 7 nitrogen and oxygen atoms in total. The summed E-state index contributed by atoms with van der Waals surface area (Å²) in [5.74, 6) is 0.688. The van der Waals surface area contributed by atoms with E-state index in [1.165, 1.54) is 0 Å². The Hall–Kier alpha value is -4.78. The maximum Gasteiger partial charge on any atom is 0.276 e. The van der Waals surface area contributed by atoms with Crippen molar-refractivity contribution in [3.05, 3.63) is 115 Å². The molecule has 0 unspecified atom stereocenters. The van der Waals surface area contributed by atoms with Gasteiger partial charge in [-0.3, -0.25) is 20.4 Å². The van der Waals surface area contributed by atoms with Crippen molar-refractivity contribution < 1.29 is 23.8 Å². The van der Waals surface area contributed by atoms with Crippen LogP contribution in [0.2, 0.25) is 0 Å². The summed E-state index contributed by atoms with van der Waals surface area (Å²) < 4.78 is 17.0. The lowest BCUT2D eigenvalue weighted by Crippen LogP contribution is -2.44. The predicted octanol–water partition coefficient (Wildman–Crippen LogP) is 4.65. The third kappa shape index (κ3) is 6.87. The Morgan fingerprint density at radius 1 is 0.583 bits per heavy atom. The molecule has 0 heterocycles. The van der Waals surface area contributed by atoms with E-state index in [1.54, 1.807) is 30.3 Å². The molecule has 36 heavy (non-hydrogen) atoms. The van der Waals surface area contributed by atoms with E-state index in [0.717, 1.165) is 16.9 Å². The molecule has 182 valence electrons. The van der Waals surface area contributed by atoms with Crippen LogP contribution in [0.15, 0.2) is 109 Å². The molecule has 0 aliphatic rings. The Labute approximate surface area is 209 Å². The number of rotatable bonds is 10. The van der Waals surface area contributed by atoms with Gasteiger partial charge in [0.2, 0.25) is 0 Å². The molecule has 0 saturated carbocycles. The molecule has 0 bridgehead atoms. The fourth-order valence-corrected chi connectivity index (χ4v) is 3.43. The highest BCUT2D eigenvalue weighted by molar-refractivity contribution is 5.97. The summed E-state index contributed by atoms with van der Waals surface area (Å²) in [7, 11) is 0. The molecule has 4 rings (SSSR count). The standard InChI is InChI=1S/C29H26N2O5/c32-28(21-36-26-17-9-7-15-24(26)22-11-3-1-4-12-22)30-31-29(33)25-16-8-10-18-27(25)35-20-19-34-23-13-5-2-6-14-23/h1-18H,19-21H2,(H,30,32)(H,31,33). The number of hydrogen-bond donors (Lipinski definition) is 2. The molecule has 0 aromatic heterocycles. The number of benzene rings is 4. The SMILES string of the molecule is O=C(COc1ccccc1-c1ccccc1)NNC(=O)c1ccccc1OCCOc1ccccc1. The van der Waals surface area contributed by atoms with Crippen LogP contribution in [0.3, 0.4) is 0 Å². The molecule has 0 atom stereocenters. The van der Waals surface area contributed by atoms with Crippen molar-refractivity contribution >= 4 is 11.8 Å². The van der Waals surface area contributed by atoms with Crippen molar-refractivity contribution in [1.29, 1.82) is 0 Å². The van der Waals surface area contributed by atoms with E-state index in [2.05, 4.69) is 10.9 Å². The fourth-order valence-electron chi connectivity index (χ4n) is 3.43. The minimum absolute atomic E-state index is 0.250. The third-order valence-electron chi connectivity index (χ3n) is 5.13. The molecule has 2 N–H and O–H groups in total. The summed E-state index contributed by atoms with van der Waals surface area (Å²) in [5.41, 5.74) is 6.93. The van der Waals surface area contributed by atoms with Gasteiger partial charge in [0.25, 0.3) is 11.8 Å². The van der Waals surface area contributed by atoms with Crippen LogP contribution in [0.1, 0.15) is 10.4 Å². The summed E-state index contributed by atoms with van der Waals surface area (Å²) in [6.07, 6.45) is 0. The number of amides is 2. The molecule has 0 aliphatic heterocycles. The van der Waals surface area contributed by atoms with Gasteiger partial charge in [-0.25, -0.2) is 0 Å². The number of nitrogens with one attached hydrogen (secondary N) is 2. The van der Waals surface area contributed by atoms with Crippen molar-refractivity contribution in [3.8, 4) is 28.4 Å². The summed E-state index contributed by atoms with van der Waals surface area (Å²) in [4.78, 5) is 25.0. The summed E-state index contributed by atoms with van der Waals surface area (Å²) >= 11 is 0. The molecule has 0 spiro atoms. The number of carbonyl (C=O) groups is 2. The first-order valence-corrected chi connectivity index (χ1v) is 11.5. The first-order valence-electron chi connectivity index (χ1n) is 11.5. The molecule has 0 radical (unpaired) electrons. The average molecular weight is 483 g/mol. The normalized spacial score (nSPS) is 10.2. The summed E-state index contributed by atoms with van der Waals surface area (Å²) in [5, 5.41) is 0. The molecule has 0 fully saturated rings. The lowest BCUT2D eigenvalue weighted by Gasteiger charge is -2.14. The van der Waals surface area contributed by atoms with Gasteiger partial charge in [-0.1, -0.05) is 78.9 Å². The second-order valence-corrected chi connectivity index (χ2v) is 7.66. The molecular formula is C29H26N2O5. The molecular weight excluding hydrogens is 456 g/mol. The van der Waals surface area contributed by atoms with E-state index >= 15 is 0 Å². The number of hydrogen-bond acceptors (Lipinski definition) is 5. The van der Waals surface area contributed by atoms with Crippen molar-refractivity contribution in [1.82, 2.24) is 10.9 Å². The minimum atomic E-state index is -0.507. The molecule has 0 aliphatic carbocycles. The summed E-state index contributed by atoms with van der Waals surface area (Å²) in [6, 6.07) is 33.4. The van der Waals surface area contributed by atoms with Crippen molar-refractivity contribution in [2.75, 3.05) is 19.8 Å². The second kappa shape index (κ2) is 12.6. The van der Waals surface area contributed by atoms with E-state index in [-0.39, 0.29) is 18.8 Å². The van der Waals surface area contributed by atoms with Crippen LogP contribution in [0.25, 0.3) is 11.1 Å². The van der Waals surface area contributed by atoms with Gasteiger partial charge in [0.15, 0.2) is 6.61 Å². The van der Waals surface area contributed by atoms with E-state index in [1.807, 2.05) is 78.9 Å². The highest BCUT2D eigenvalue weighted by Gasteiger charge is 2.14. The number of hydrazine groups is 1. The Bertz CT molecular complexity index is 1280. The van der Waals surface area contributed by atoms with Gasteiger partial charge in [0.05, 0.1) is 5.56 Å². The van der Waals surface area contributed by atoms with E-state index in [0.29, 0.717) is 18.1 Å². The Morgan fingerprint density at radius 3 is 1.97 bits per heavy atom. The van der Waals surface area contributed by atoms with Gasteiger partial charge in [0, 0.05) is 5.56 Å². The largest absolute Gasteiger partial charge is 0.490 e. The van der Waals surface area contributed by atoms with Crippen LogP contribution in [0, 0.1) is 0 Å². The molecule has 4 aromatic carbocycles. The van der Waals surface area contributed by atoms with E-state index in [9.17, 15) is 9.59 Å². The highest BCUT2D eigenvalue weighted by Crippen LogP contribution is 2.29. The third-order valence-corrected chi connectivity index (χ3v) is 5.13. The highest BCUT2D eigenvalue weighted by atomic mass is 16.5. The zero-order valence-electron chi connectivity index (χ0n) is 19.6. The average Bonchev–Trinajstić information content (AvgIpc) is 2.94. The van der Waals surface area contributed by atoms with Gasteiger partial charge < -0.3 is 14.2 Å². The Morgan fingerprint density at radius 2 is 1.19 bits per heavy atom. The second-order valence-electron chi connectivity index (χ2n) is 7.66. The van der Waals surface area contributed by atoms with Crippen LogP contribution in [-0.2, 0) is 4.79 Å². The van der Waals surface area contributed by atoms with E-state index in [4.69, 9.17) is 14.2 Å².